The van der Waals surface area contributed by atoms with Crippen molar-refractivity contribution in [3.8, 4) is 11.5 Å². The van der Waals surface area contributed by atoms with Crippen molar-refractivity contribution in [1.29, 1.82) is 0 Å². The summed E-state index contributed by atoms with van der Waals surface area (Å²) >= 11 is 0. The maximum absolute atomic E-state index is 12.4. The molecule has 0 radical (unpaired) electrons. The number of benzene rings is 2. The fourth-order valence-electron chi connectivity index (χ4n) is 2.45. The summed E-state index contributed by atoms with van der Waals surface area (Å²) in [6, 6.07) is 11.6. The molecule has 2 aromatic carbocycles. The number of halogens is 2. The molecule has 0 aliphatic heterocycles. The molecule has 1 amide bonds. The maximum atomic E-state index is 12.4. The van der Waals surface area contributed by atoms with Crippen LogP contribution in [0.15, 0.2) is 47.6 Å². The Morgan fingerprint density at radius 3 is 2.89 bits per heavy atom. The van der Waals surface area contributed by atoms with Crippen molar-refractivity contribution in [2.24, 2.45) is 5.10 Å². The molecule has 0 fully saturated rings. The van der Waals surface area contributed by atoms with Crippen molar-refractivity contribution in [1.82, 2.24) is 20.4 Å². The first-order valence-electron chi connectivity index (χ1n) is 8.38. The van der Waals surface area contributed by atoms with E-state index in [1.54, 1.807) is 13.0 Å². The van der Waals surface area contributed by atoms with Crippen LogP contribution in [0.25, 0.3) is 11.0 Å². The SMILES string of the molecule is CCOc1cc(/C=N\NC(=O)Cn2nnc3ccccc32)ccc1OC(F)F. The lowest BCUT2D eigenvalue weighted by Crippen LogP contribution is -2.23. The summed E-state index contributed by atoms with van der Waals surface area (Å²) < 4.78 is 36.0. The molecule has 28 heavy (non-hydrogen) atoms. The van der Waals surface area contributed by atoms with Gasteiger partial charge in [-0.25, -0.2) is 10.1 Å². The minimum atomic E-state index is -2.95. The van der Waals surface area contributed by atoms with E-state index < -0.39 is 12.5 Å². The van der Waals surface area contributed by atoms with Crippen molar-refractivity contribution in [3.63, 3.8) is 0 Å². The molecule has 0 saturated heterocycles. The summed E-state index contributed by atoms with van der Waals surface area (Å²) in [6.45, 7) is -1.00. The van der Waals surface area contributed by atoms with Crippen LogP contribution in [-0.2, 0) is 11.3 Å². The smallest absolute Gasteiger partial charge is 0.387 e. The molecule has 0 atom stereocenters. The number of aromatic nitrogens is 3. The monoisotopic (exact) mass is 389 g/mol. The quantitative estimate of drug-likeness (QED) is 0.472. The molecule has 1 aromatic heterocycles. The Morgan fingerprint density at radius 1 is 1.29 bits per heavy atom. The normalized spacial score (nSPS) is 11.3. The first-order valence-corrected chi connectivity index (χ1v) is 8.38. The van der Waals surface area contributed by atoms with Crippen molar-refractivity contribution >= 4 is 23.2 Å². The number of hydrazone groups is 1. The highest BCUT2D eigenvalue weighted by atomic mass is 19.3. The van der Waals surface area contributed by atoms with Gasteiger partial charge >= 0.3 is 6.61 Å². The zero-order valence-corrected chi connectivity index (χ0v) is 14.9. The van der Waals surface area contributed by atoms with Gasteiger partial charge in [0, 0.05) is 0 Å². The molecule has 1 heterocycles. The molecule has 10 heteroatoms. The van der Waals surface area contributed by atoms with Crippen LogP contribution < -0.4 is 14.9 Å². The van der Waals surface area contributed by atoms with Gasteiger partial charge in [-0.2, -0.15) is 13.9 Å². The predicted molar refractivity (Wildman–Crippen MR) is 97.5 cm³/mol. The molecular formula is C18H17F2N5O3. The van der Waals surface area contributed by atoms with Crippen LogP contribution in [0.3, 0.4) is 0 Å². The molecule has 1 N–H and O–H groups in total. The summed E-state index contributed by atoms with van der Waals surface area (Å²) in [4.78, 5) is 12.0. The Balaban J connectivity index is 1.63. The standard InChI is InChI=1S/C18H17F2N5O3/c1-2-27-16-9-12(7-8-15(16)28-18(19)20)10-21-23-17(26)11-25-14-6-4-3-5-13(14)22-24-25/h3-10,18H,2,11H2,1H3,(H,23,26)/b21-10-. The first kappa shape index (κ1) is 19.2. The summed E-state index contributed by atoms with van der Waals surface area (Å²) in [6.07, 6.45) is 1.37. The number of hydrogen-bond acceptors (Lipinski definition) is 6. The van der Waals surface area contributed by atoms with Crippen LogP contribution in [0.1, 0.15) is 12.5 Å². The first-order chi connectivity index (χ1) is 13.6. The van der Waals surface area contributed by atoms with E-state index in [1.165, 1.54) is 29.1 Å². The van der Waals surface area contributed by atoms with Crippen LogP contribution in [0.2, 0.25) is 0 Å². The molecule has 0 saturated carbocycles. The van der Waals surface area contributed by atoms with Crippen molar-refractivity contribution in [2.75, 3.05) is 6.61 Å². The van der Waals surface area contributed by atoms with Crippen LogP contribution in [-0.4, -0.2) is 40.3 Å². The average Bonchev–Trinajstić information content (AvgIpc) is 3.06. The number of hydrogen-bond donors (Lipinski definition) is 1. The van der Waals surface area contributed by atoms with Crippen LogP contribution in [0.4, 0.5) is 8.78 Å². The molecule has 0 unspecified atom stereocenters. The van der Waals surface area contributed by atoms with E-state index in [9.17, 15) is 13.6 Å². The van der Waals surface area contributed by atoms with E-state index >= 15 is 0 Å². The number of ether oxygens (including phenoxy) is 2. The molecular weight excluding hydrogens is 372 g/mol. The minimum Gasteiger partial charge on any atom is -0.490 e. The number of fused-ring (bicyclic) bond motifs is 1. The molecule has 0 aliphatic carbocycles. The van der Waals surface area contributed by atoms with Crippen LogP contribution in [0.5, 0.6) is 11.5 Å². The van der Waals surface area contributed by atoms with E-state index in [4.69, 9.17) is 4.74 Å². The lowest BCUT2D eigenvalue weighted by molar-refractivity contribution is -0.121. The number of nitrogens with one attached hydrogen (secondary N) is 1. The lowest BCUT2D eigenvalue weighted by Gasteiger charge is -2.11. The van der Waals surface area contributed by atoms with Gasteiger partial charge in [-0.05, 0) is 42.8 Å². The van der Waals surface area contributed by atoms with Gasteiger partial charge < -0.3 is 9.47 Å². The van der Waals surface area contributed by atoms with Gasteiger partial charge in [0.2, 0.25) is 0 Å². The minimum absolute atomic E-state index is 0.0524. The molecule has 0 bridgehead atoms. The van der Waals surface area contributed by atoms with Crippen LogP contribution >= 0.6 is 0 Å². The highest BCUT2D eigenvalue weighted by Gasteiger charge is 2.11. The van der Waals surface area contributed by atoms with Crippen molar-refractivity contribution < 1.29 is 23.0 Å². The largest absolute Gasteiger partial charge is 0.490 e. The summed E-state index contributed by atoms with van der Waals surface area (Å²) in [5.41, 5.74) is 4.34. The summed E-state index contributed by atoms with van der Waals surface area (Å²) in [5, 5.41) is 11.8. The number of nitrogens with zero attached hydrogens (tertiary/aromatic N) is 4. The molecule has 0 spiro atoms. The number of carbonyl (C=O) groups is 1. The van der Waals surface area contributed by atoms with Gasteiger partial charge in [0.25, 0.3) is 5.91 Å². The molecule has 0 aliphatic rings. The molecule has 146 valence electrons. The van der Waals surface area contributed by atoms with Crippen LogP contribution in [0, 0.1) is 0 Å². The van der Waals surface area contributed by atoms with E-state index in [1.807, 2.05) is 18.2 Å². The Bertz CT molecular complexity index is 990. The third-order valence-electron chi connectivity index (χ3n) is 3.60. The van der Waals surface area contributed by atoms with Gasteiger partial charge in [-0.3, -0.25) is 4.79 Å². The maximum Gasteiger partial charge on any atom is 0.387 e. The summed E-state index contributed by atoms with van der Waals surface area (Å²) in [7, 11) is 0. The van der Waals surface area contributed by atoms with E-state index in [0.29, 0.717) is 11.1 Å². The fourth-order valence-corrected chi connectivity index (χ4v) is 2.45. The Kier molecular flexibility index (Phi) is 6.10. The number of amides is 1. The van der Waals surface area contributed by atoms with E-state index in [2.05, 4.69) is 25.6 Å². The zero-order valence-electron chi connectivity index (χ0n) is 14.9. The number of alkyl halides is 2. The zero-order chi connectivity index (χ0) is 19.9. The number of carbonyl (C=O) groups excluding carboxylic acids is 1. The third kappa shape index (κ3) is 4.78. The second-order valence-electron chi connectivity index (χ2n) is 5.55. The topological polar surface area (TPSA) is 90.6 Å². The number of para-hydroxylation sites is 1. The van der Waals surface area contributed by atoms with Gasteiger partial charge in [0.15, 0.2) is 11.5 Å². The summed E-state index contributed by atoms with van der Waals surface area (Å²) in [5.74, 6) is -0.308. The van der Waals surface area contributed by atoms with Crippen molar-refractivity contribution in [3.05, 3.63) is 48.0 Å². The Morgan fingerprint density at radius 2 is 2.11 bits per heavy atom. The third-order valence-corrected chi connectivity index (χ3v) is 3.60. The Hall–Kier alpha value is -3.56. The molecule has 3 aromatic rings. The second kappa shape index (κ2) is 8.89. The van der Waals surface area contributed by atoms with Gasteiger partial charge in [0.1, 0.15) is 12.1 Å². The van der Waals surface area contributed by atoms with E-state index in [0.717, 1.165) is 5.52 Å². The number of rotatable bonds is 8. The molecule has 3 rings (SSSR count). The Labute approximate surface area is 158 Å². The van der Waals surface area contributed by atoms with Gasteiger partial charge in [-0.1, -0.05) is 17.3 Å². The van der Waals surface area contributed by atoms with Gasteiger partial charge in [-0.15, -0.1) is 5.10 Å². The lowest BCUT2D eigenvalue weighted by atomic mass is 10.2. The highest BCUT2D eigenvalue weighted by molar-refractivity contribution is 5.84. The second-order valence-corrected chi connectivity index (χ2v) is 5.55. The van der Waals surface area contributed by atoms with E-state index in [-0.39, 0.29) is 24.7 Å². The van der Waals surface area contributed by atoms with Crippen molar-refractivity contribution in [2.45, 2.75) is 20.1 Å². The highest BCUT2D eigenvalue weighted by Crippen LogP contribution is 2.29. The molecule has 8 nitrogen and oxygen atoms in total. The van der Waals surface area contributed by atoms with Gasteiger partial charge in [0.05, 0.1) is 18.3 Å². The average molecular weight is 389 g/mol. The fraction of sp³-hybridized carbons (Fsp3) is 0.222. The predicted octanol–water partition coefficient (Wildman–Crippen LogP) is 2.58.